The van der Waals surface area contributed by atoms with Crippen LogP contribution in [0.2, 0.25) is 0 Å². The highest BCUT2D eigenvalue weighted by Crippen LogP contribution is 2.44. The van der Waals surface area contributed by atoms with Gasteiger partial charge in [0.25, 0.3) is 5.79 Å². The molecule has 2 N–H and O–H groups in total. The van der Waals surface area contributed by atoms with Crippen molar-refractivity contribution in [2.45, 2.75) is 12.7 Å². The van der Waals surface area contributed by atoms with E-state index < -0.39 is 11.7 Å². The number of anilines is 1. The van der Waals surface area contributed by atoms with E-state index in [0.717, 1.165) is 15.0 Å². The number of rotatable bonds is 2. The first-order valence-electron chi connectivity index (χ1n) is 4.98. The van der Waals surface area contributed by atoms with Gasteiger partial charge in [0.15, 0.2) is 0 Å². The minimum Gasteiger partial charge on any atom is -0.342 e. The highest BCUT2D eigenvalue weighted by atomic mass is 79.9. The molecular formula is C11H13BrN2O3. The molecule has 0 fully saturated rings. The molecule has 0 saturated heterocycles. The fourth-order valence-corrected chi connectivity index (χ4v) is 2.42. The molecule has 1 amide bonds. The first-order chi connectivity index (χ1) is 7.99. The molecule has 2 rings (SSSR count). The van der Waals surface area contributed by atoms with Crippen molar-refractivity contribution in [2.75, 3.05) is 19.2 Å². The van der Waals surface area contributed by atoms with Crippen LogP contribution in [0.4, 0.5) is 5.69 Å². The Morgan fingerprint density at radius 2 is 1.94 bits per heavy atom. The third-order valence-electron chi connectivity index (χ3n) is 3.04. The van der Waals surface area contributed by atoms with Gasteiger partial charge in [-0.05, 0) is 24.6 Å². The zero-order chi connectivity index (χ0) is 12.8. The van der Waals surface area contributed by atoms with Crippen molar-refractivity contribution >= 4 is 27.5 Å². The number of halogens is 1. The molecule has 17 heavy (non-hydrogen) atoms. The first-order valence-corrected chi connectivity index (χ1v) is 5.78. The molecule has 92 valence electrons. The molecule has 0 saturated carbocycles. The van der Waals surface area contributed by atoms with Gasteiger partial charge >= 0.3 is 5.91 Å². The predicted octanol–water partition coefficient (Wildman–Crippen LogP) is 1.42. The highest BCUT2D eigenvalue weighted by molar-refractivity contribution is 9.10. The van der Waals surface area contributed by atoms with Crippen molar-refractivity contribution in [3.05, 3.63) is 27.7 Å². The van der Waals surface area contributed by atoms with Crippen molar-refractivity contribution in [3.8, 4) is 0 Å². The summed E-state index contributed by atoms with van der Waals surface area (Å²) in [5, 5.41) is 1.07. The third kappa shape index (κ3) is 1.45. The molecule has 0 unspecified atom stereocenters. The molecule has 6 heteroatoms. The van der Waals surface area contributed by atoms with E-state index in [4.69, 9.17) is 15.3 Å². The van der Waals surface area contributed by atoms with Gasteiger partial charge in [0.05, 0.1) is 5.69 Å². The Labute approximate surface area is 108 Å². The number of hydrogen-bond donors (Lipinski definition) is 1. The van der Waals surface area contributed by atoms with Crippen LogP contribution in [0.5, 0.6) is 0 Å². The maximum atomic E-state index is 12.1. The SMILES string of the molecule is COC1(OC)C(=O)N(N)c2c1ccc(Br)c2C. The predicted molar refractivity (Wildman–Crippen MR) is 66.2 cm³/mol. The number of carbonyl (C=O) groups is 1. The Morgan fingerprint density at radius 3 is 2.47 bits per heavy atom. The molecule has 0 radical (unpaired) electrons. The zero-order valence-corrected chi connectivity index (χ0v) is 11.4. The second kappa shape index (κ2) is 4.06. The maximum absolute atomic E-state index is 12.1. The molecule has 0 aliphatic carbocycles. The van der Waals surface area contributed by atoms with E-state index in [0.29, 0.717) is 11.3 Å². The molecular weight excluding hydrogens is 288 g/mol. The fraction of sp³-hybridized carbons (Fsp3) is 0.364. The number of benzene rings is 1. The monoisotopic (exact) mass is 300 g/mol. The summed E-state index contributed by atoms with van der Waals surface area (Å²) in [7, 11) is 2.84. The van der Waals surface area contributed by atoms with Crippen LogP contribution in [0, 0.1) is 6.92 Å². The van der Waals surface area contributed by atoms with Gasteiger partial charge in [0, 0.05) is 24.3 Å². The van der Waals surface area contributed by atoms with E-state index in [1.807, 2.05) is 13.0 Å². The number of hydrazine groups is 1. The number of nitrogens with two attached hydrogens (primary N) is 1. The molecule has 0 spiro atoms. The zero-order valence-electron chi connectivity index (χ0n) is 9.78. The third-order valence-corrected chi connectivity index (χ3v) is 3.89. The van der Waals surface area contributed by atoms with Gasteiger partial charge in [-0.25, -0.2) is 10.9 Å². The van der Waals surface area contributed by atoms with Crippen molar-refractivity contribution in [1.29, 1.82) is 0 Å². The number of ether oxygens (including phenoxy) is 2. The first kappa shape index (κ1) is 12.5. The molecule has 1 aliphatic heterocycles. The summed E-state index contributed by atoms with van der Waals surface area (Å²) in [6.07, 6.45) is 0. The lowest BCUT2D eigenvalue weighted by Gasteiger charge is -2.24. The Bertz CT molecular complexity index is 486. The highest BCUT2D eigenvalue weighted by Gasteiger charge is 2.52. The molecule has 0 bridgehead atoms. The second-order valence-corrected chi connectivity index (χ2v) is 4.62. The number of carbonyl (C=O) groups excluding carboxylic acids is 1. The van der Waals surface area contributed by atoms with Crippen LogP contribution in [0.25, 0.3) is 0 Å². The smallest absolute Gasteiger partial charge is 0.306 e. The van der Waals surface area contributed by atoms with Gasteiger partial charge < -0.3 is 9.47 Å². The quantitative estimate of drug-likeness (QED) is 0.510. The Morgan fingerprint density at radius 1 is 1.35 bits per heavy atom. The fourth-order valence-electron chi connectivity index (χ4n) is 2.10. The van der Waals surface area contributed by atoms with E-state index >= 15 is 0 Å². The van der Waals surface area contributed by atoms with Crippen LogP contribution in [-0.2, 0) is 20.1 Å². The Kier molecular flexibility index (Phi) is 2.99. The largest absolute Gasteiger partial charge is 0.342 e. The Balaban J connectivity index is 2.75. The molecule has 1 aromatic carbocycles. The van der Waals surface area contributed by atoms with Crippen LogP contribution >= 0.6 is 15.9 Å². The summed E-state index contributed by atoms with van der Waals surface area (Å²) >= 11 is 3.40. The normalized spacial score (nSPS) is 17.5. The summed E-state index contributed by atoms with van der Waals surface area (Å²) in [4.78, 5) is 12.1. The van der Waals surface area contributed by atoms with Gasteiger partial charge in [-0.1, -0.05) is 15.9 Å². The van der Waals surface area contributed by atoms with Gasteiger partial charge in [-0.3, -0.25) is 4.79 Å². The van der Waals surface area contributed by atoms with Crippen molar-refractivity contribution in [2.24, 2.45) is 5.84 Å². The average molecular weight is 301 g/mol. The molecule has 0 aromatic heterocycles. The molecule has 0 atom stereocenters. The number of methoxy groups -OCH3 is 2. The molecule has 1 aromatic rings. The summed E-state index contributed by atoms with van der Waals surface area (Å²) in [6.45, 7) is 1.87. The number of fused-ring (bicyclic) bond motifs is 1. The lowest BCUT2D eigenvalue weighted by Crippen LogP contribution is -2.46. The summed E-state index contributed by atoms with van der Waals surface area (Å²) in [5.74, 6) is 3.92. The van der Waals surface area contributed by atoms with E-state index in [2.05, 4.69) is 15.9 Å². The van der Waals surface area contributed by atoms with Crippen molar-refractivity contribution in [3.63, 3.8) is 0 Å². The van der Waals surface area contributed by atoms with Gasteiger partial charge in [0.1, 0.15) is 0 Å². The van der Waals surface area contributed by atoms with Crippen LogP contribution in [0.3, 0.4) is 0 Å². The van der Waals surface area contributed by atoms with Crippen molar-refractivity contribution < 1.29 is 14.3 Å². The van der Waals surface area contributed by atoms with E-state index in [1.165, 1.54) is 14.2 Å². The van der Waals surface area contributed by atoms with Gasteiger partial charge in [0.2, 0.25) is 0 Å². The van der Waals surface area contributed by atoms with Crippen molar-refractivity contribution in [1.82, 2.24) is 0 Å². The summed E-state index contributed by atoms with van der Waals surface area (Å²) in [6, 6.07) is 3.61. The lowest BCUT2D eigenvalue weighted by molar-refractivity contribution is -0.209. The number of nitrogens with zero attached hydrogens (tertiary/aromatic N) is 1. The van der Waals surface area contributed by atoms with E-state index in [1.54, 1.807) is 6.07 Å². The Hall–Kier alpha value is -0.950. The van der Waals surface area contributed by atoms with E-state index in [9.17, 15) is 4.79 Å². The molecule has 5 nitrogen and oxygen atoms in total. The second-order valence-electron chi connectivity index (χ2n) is 3.77. The standard InChI is InChI=1S/C11H13BrN2O3/c1-6-8(12)5-4-7-9(6)14(13)10(15)11(7,16-2)17-3/h4-5H,13H2,1-3H3. The topological polar surface area (TPSA) is 64.8 Å². The van der Waals surface area contributed by atoms with Crippen LogP contribution in [0.1, 0.15) is 11.1 Å². The minimum atomic E-state index is -1.43. The minimum absolute atomic E-state index is 0.432. The van der Waals surface area contributed by atoms with Gasteiger partial charge in [-0.2, -0.15) is 0 Å². The summed E-state index contributed by atoms with van der Waals surface area (Å²) in [5.41, 5.74) is 2.11. The number of amides is 1. The average Bonchev–Trinajstić information content (AvgIpc) is 2.55. The van der Waals surface area contributed by atoms with Crippen LogP contribution in [-0.4, -0.2) is 20.1 Å². The van der Waals surface area contributed by atoms with Gasteiger partial charge in [-0.15, -0.1) is 0 Å². The van der Waals surface area contributed by atoms with E-state index in [-0.39, 0.29) is 0 Å². The lowest BCUT2D eigenvalue weighted by atomic mass is 10.0. The van der Waals surface area contributed by atoms with Crippen LogP contribution < -0.4 is 10.9 Å². The summed E-state index contributed by atoms with van der Waals surface area (Å²) < 4.78 is 11.4. The van der Waals surface area contributed by atoms with Crippen LogP contribution in [0.15, 0.2) is 16.6 Å². The molecule has 1 heterocycles. The maximum Gasteiger partial charge on any atom is 0.306 e. The number of hydrogen-bond acceptors (Lipinski definition) is 4. The molecule has 1 aliphatic rings.